The van der Waals surface area contributed by atoms with Crippen molar-refractivity contribution in [3.8, 4) is 5.75 Å². The largest absolute Gasteiger partial charge is 0.487 e. The van der Waals surface area contributed by atoms with Crippen molar-refractivity contribution in [2.45, 2.75) is 58.0 Å². The molecular weight excluding hydrogens is 257 g/mol. The molecule has 0 saturated carbocycles. The Morgan fingerprint density at radius 2 is 2.00 bits per heavy atom. The van der Waals surface area contributed by atoms with Gasteiger partial charge in [0.1, 0.15) is 23.3 Å². The van der Waals surface area contributed by atoms with Crippen molar-refractivity contribution in [2.75, 3.05) is 7.05 Å². The molecule has 1 unspecified atom stereocenters. The lowest BCUT2D eigenvalue weighted by Crippen LogP contribution is -2.36. The fourth-order valence-corrected chi connectivity index (χ4v) is 2.85. The van der Waals surface area contributed by atoms with Gasteiger partial charge in [-0.05, 0) is 52.4 Å². The van der Waals surface area contributed by atoms with Crippen molar-refractivity contribution in [1.82, 2.24) is 5.32 Å². The maximum absolute atomic E-state index is 13.6. The van der Waals surface area contributed by atoms with Crippen LogP contribution in [-0.2, 0) is 11.3 Å². The topological polar surface area (TPSA) is 30.5 Å². The Labute approximate surface area is 120 Å². The second-order valence-electron chi connectivity index (χ2n) is 6.60. The third-order valence-electron chi connectivity index (χ3n) is 3.58. The standard InChI is InChI=1S/C16H24FNO2/c1-15(2)9-14(16(3,4)20-15)19-13-7-11(10-18-5)6-12(17)8-13/h6-8,14,18H,9-10H2,1-5H3. The van der Waals surface area contributed by atoms with E-state index in [9.17, 15) is 4.39 Å². The molecule has 1 aromatic rings. The predicted molar refractivity (Wildman–Crippen MR) is 77.4 cm³/mol. The highest BCUT2D eigenvalue weighted by Crippen LogP contribution is 2.39. The molecule has 20 heavy (non-hydrogen) atoms. The van der Waals surface area contributed by atoms with Crippen LogP contribution >= 0.6 is 0 Å². The highest BCUT2D eigenvalue weighted by atomic mass is 19.1. The molecule has 4 heteroatoms. The molecule has 0 aliphatic carbocycles. The molecule has 0 spiro atoms. The first kappa shape index (κ1) is 15.3. The van der Waals surface area contributed by atoms with Crippen LogP contribution in [0, 0.1) is 5.82 Å². The van der Waals surface area contributed by atoms with E-state index in [0.717, 1.165) is 12.0 Å². The maximum atomic E-state index is 13.6. The molecule has 2 rings (SSSR count). The molecule has 1 saturated heterocycles. The maximum Gasteiger partial charge on any atom is 0.130 e. The lowest BCUT2D eigenvalue weighted by molar-refractivity contribution is -0.0846. The summed E-state index contributed by atoms with van der Waals surface area (Å²) in [6.07, 6.45) is 0.708. The highest BCUT2D eigenvalue weighted by molar-refractivity contribution is 5.30. The number of halogens is 1. The minimum Gasteiger partial charge on any atom is -0.487 e. The van der Waals surface area contributed by atoms with Gasteiger partial charge in [0.2, 0.25) is 0 Å². The highest BCUT2D eigenvalue weighted by Gasteiger charge is 2.47. The Bertz CT molecular complexity index is 485. The quantitative estimate of drug-likeness (QED) is 0.919. The van der Waals surface area contributed by atoms with Crippen molar-refractivity contribution in [1.29, 1.82) is 0 Å². The van der Waals surface area contributed by atoms with Crippen molar-refractivity contribution in [2.24, 2.45) is 0 Å². The van der Waals surface area contributed by atoms with Crippen LogP contribution in [0.2, 0.25) is 0 Å². The molecule has 0 aromatic heterocycles. The molecule has 1 N–H and O–H groups in total. The van der Waals surface area contributed by atoms with Crippen LogP contribution in [0.15, 0.2) is 18.2 Å². The zero-order valence-electron chi connectivity index (χ0n) is 12.9. The molecule has 1 fully saturated rings. The summed E-state index contributed by atoms with van der Waals surface area (Å²) in [6.45, 7) is 8.75. The van der Waals surface area contributed by atoms with Crippen molar-refractivity contribution < 1.29 is 13.9 Å². The smallest absolute Gasteiger partial charge is 0.130 e. The number of nitrogens with one attached hydrogen (secondary N) is 1. The zero-order valence-corrected chi connectivity index (χ0v) is 12.9. The third kappa shape index (κ3) is 3.49. The van der Waals surface area contributed by atoms with Crippen LogP contribution in [0.25, 0.3) is 0 Å². The van der Waals surface area contributed by atoms with Gasteiger partial charge in [-0.3, -0.25) is 0 Å². The number of hydrogen-bond donors (Lipinski definition) is 1. The summed E-state index contributed by atoms with van der Waals surface area (Å²) < 4.78 is 25.6. The van der Waals surface area contributed by atoms with Gasteiger partial charge in [-0.2, -0.15) is 0 Å². The fourth-order valence-electron chi connectivity index (χ4n) is 2.85. The van der Waals surface area contributed by atoms with Gasteiger partial charge in [-0.15, -0.1) is 0 Å². The number of ether oxygens (including phenoxy) is 2. The minimum atomic E-state index is -0.376. The van der Waals surface area contributed by atoms with Gasteiger partial charge in [-0.1, -0.05) is 0 Å². The summed E-state index contributed by atoms with van der Waals surface area (Å²) >= 11 is 0. The first-order valence-electron chi connectivity index (χ1n) is 7.03. The predicted octanol–water partition coefficient (Wildman–Crippen LogP) is 3.27. The van der Waals surface area contributed by atoms with Crippen LogP contribution in [0.3, 0.4) is 0 Å². The molecular formula is C16H24FNO2. The van der Waals surface area contributed by atoms with Crippen LogP contribution in [-0.4, -0.2) is 24.4 Å². The van der Waals surface area contributed by atoms with E-state index in [1.807, 2.05) is 27.0 Å². The van der Waals surface area contributed by atoms with E-state index < -0.39 is 0 Å². The second-order valence-corrected chi connectivity index (χ2v) is 6.60. The average molecular weight is 281 g/mol. The fraction of sp³-hybridized carbons (Fsp3) is 0.625. The monoisotopic (exact) mass is 281 g/mol. The number of rotatable bonds is 4. The molecule has 0 radical (unpaired) electrons. The Kier molecular flexibility index (Phi) is 4.07. The summed E-state index contributed by atoms with van der Waals surface area (Å²) in [7, 11) is 1.84. The molecule has 0 amide bonds. The number of benzene rings is 1. The van der Waals surface area contributed by atoms with Gasteiger partial charge >= 0.3 is 0 Å². The van der Waals surface area contributed by atoms with E-state index >= 15 is 0 Å². The Balaban J connectivity index is 2.17. The number of hydrogen-bond acceptors (Lipinski definition) is 3. The van der Waals surface area contributed by atoms with E-state index in [4.69, 9.17) is 9.47 Å². The summed E-state index contributed by atoms with van der Waals surface area (Å²) in [5.41, 5.74) is 0.285. The van der Waals surface area contributed by atoms with Gasteiger partial charge in [0.25, 0.3) is 0 Å². The van der Waals surface area contributed by atoms with Crippen molar-refractivity contribution >= 4 is 0 Å². The second kappa shape index (κ2) is 5.34. The first-order valence-corrected chi connectivity index (χ1v) is 7.03. The van der Waals surface area contributed by atoms with E-state index in [-0.39, 0.29) is 23.1 Å². The Morgan fingerprint density at radius 1 is 1.30 bits per heavy atom. The SMILES string of the molecule is CNCc1cc(F)cc(OC2CC(C)(C)OC2(C)C)c1. The van der Waals surface area contributed by atoms with Crippen LogP contribution in [0.4, 0.5) is 4.39 Å². The van der Waals surface area contributed by atoms with Crippen molar-refractivity contribution in [3.63, 3.8) is 0 Å². The van der Waals surface area contributed by atoms with E-state index in [1.165, 1.54) is 12.1 Å². The first-order chi connectivity index (χ1) is 9.22. The van der Waals surface area contributed by atoms with E-state index in [0.29, 0.717) is 12.3 Å². The van der Waals surface area contributed by atoms with Crippen LogP contribution in [0.1, 0.15) is 39.7 Å². The van der Waals surface area contributed by atoms with Gasteiger partial charge in [0, 0.05) is 19.0 Å². The van der Waals surface area contributed by atoms with Gasteiger partial charge in [0.15, 0.2) is 0 Å². The molecule has 3 nitrogen and oxygen atoms in total. The molecule has 1 heterocycles. The molecule has 1 atom stereocenters. The lowest BCUT2D eigenvalue weighted by atomic mass is 9.97. The minimum absolute atomic E-state index is 0.0817. The Hall–Kier alpha value is -1.13. The molecule has 1 aromatic carbocycles. The van der Waals surface area contributed by atoms with Gasteiger partial charge < -0.3 is 14.8 Å². The van der Waals surface area contributed by atoms with Gasteiger partial charge in [0.05, 0.1) is 5.60 Å². The van der Waals surface area contributed by atoms with Gasteiger partial charge in [-0.25, -0.2) is 4.39 Å². The van der Waals surface area contributed by atoms with Crippen LogP contribution in [0.5, 0.6) is 5.75 Å². The normalized spacial score (nSPS) is 23.8. The summed E-state index contributed by atoms with van der Waals surface area (Å²) in [5, 5.41) is 3.01. The zero-order chi connectivity index (χ0) is 15.0. The summed E-state index contributed by atoms with van der Waals surface area (Å²) in [5.74, 6) is 0.290. The molecule has 0 bridgehead atoms. The summed E-state index contributed by atoms with van der Waals surface area (Å²) in [4.78, 5) is 0. The average Bonchev–Trinajstić information content (AvgIpc) is 2.45. The van der Waals surface area contributed by atoms with Crippen LogP contribution < -0.4 is 10.1 Å². The lowest BCUT2D eigenvalue weighted by Gasteiger charge is -2.27. The summed E-state index contributed by atoms with van der Waals surface area (Å²) in [6, 6.07) is 4.82. The van der Waals surface area contributed by atoms with E-state index in [1.54, 1.807) is 0 Å². The Morgan fingerprint density at radius 3 is 2.55 bits per heavy atom. The third-order valence-corrected chi connectivity index (χ3v) is 3.58. The van der Waals surface area contributed by atoms with E-state index in [2.05, 4.69) is 19.2 Å². The van der Waals surface area contributed by atoms with Crippen molar-refractivity contribution in [3.05, 3.63) is 29.6 Å². The molecule has 1 aliphatic heterocycles. The molecule has 1 aliphatic rings. The molecule has 112 valence electrons.